The number of nitrogens with zero attached hydrogens (tertiary/aromatic N) is 2. The molecular weight excluding hydrogens is 263 g/mol. The first-order valence-electron chi connectivity index (χ1n) is 5.25. The second-order valence-corrected chi connectivity index (χ2v) is 3.79. The third-order valence-electron chi connectivity index (χ3n) is 2.38. The van der Waals surface area contributed by atoms with Crippen LogP contribution >= 0.6 is 0 Å². The van der Waals surface area contributed by atoms with Crippen molar-refractivity contribution in [2.24, 2.45) is 0 Å². The maximum atomic E-state index is 12.4. The van der Waals surface area contributed by atoms with Crippen LogP contribution in [-0.4, -0.2) is 21.9 Å². The predicted octanol–water partition coefficient (Wildman–Crippen LogP) is 1.73. The minimum atomic E-state index is -4.45. The highest BCUT2D eigenvalue weighted by atomic mass is 19.4. The number of pyridine rings is 1. The molecule has 2 heterocycles. The summed E-state index contributed by atoms with van der Waals surface area (Å²) in [7, 11) is 1.46. The van der Waals surface area contributed by atoms with Crippen LogP contribution < -0.4 is 5.56 Å². The molecule has 0 aliphatic rings. The third-order valence-corrected chi connectivity index (χ3v) is 2.38. The molecule has 0 spiro atoms. The van der Waals surface area contributed by atoms with Gasteiger partial charge in [0.2, 0.25) is 0 Å². The van der Waals surface area contributed by atoms with E-state index in [2.05, 4.69) is 10.1 Å². The average molecular weight is 273 g/mol. The Bertz CT molecular complexity index is 613. The second kappa shape index (κ2) is 4.88. The van der Waals surface area contributed by atoms with E-state index in [1.54, 1.807) is 0 Å². The molecule has 0 atom stereocenters. The van der Waals surface area contributed by atoms with Crippen molar-refractivity contribution < 1.29 is 17.9 Å². The molecule has 0 aliphatic heterocycles. The minimum absolute atomic E-state index is 0.0837. The van der Waals surface area contributed by atoms with E-state index >= 15 is 0 Å². The molecule has 0 unspecified atom stereocenters. The summed E-state index contributed by atoms with van der Waals surface area (Å²) in [6.07, 6.45) is -3.77. The van der Waals surface area contributed by atoms with Gasteiger partial charge in [0.1, 0.15) is 0 Å². The molecule has 5 nitrogen and oxygen atoms in total. The van der Waals surface area contributed by atoms with E-state index in [9.17, 15) is 18.0 Å². The first-order valence-corrected chi connectivity index (χ1v) is 5.25. The Labute approximate surface area is 105 Å². The molecule has 2 rings (SSSR count). The Morgan fingerprint density at radius 3 is 2.68 bits per heavy atom. The van der Waals surface area contributed by atoms with Crippen molar-refractivity contribution in [2.45, 2.75) is 12.8 Å². The number of methoxy groups -OCH3 is 1. The van der Waals surface area contributed by atoms with Gasteiger partial charge in [-0.25, -0.2) is 9.67 Å². The standard InChI is InChI=1S/C11H10F3N3O2/c1-19-6-8-4-10(18)17(16-8)9-3-2-7(5-15-9)11(12,13)14/h2-5,16H,6H2,1H3. The summed E-state index contributed by atoms with van der Waals surface area (Å²) in [5.74, 6) is 0.0837. The summed E-state index contributed by atoms with van der Waals surface area (Å²) in [5, 5.41) is 2.69. The SMILES string of the molecule is COCc1cc(=O)n(-c2ccc(C(F)(F)F)cn2)[nH]1. The lowest BCUT2D eigenvalue weighted by molar-refractivity contribution is -0.137. The van der Waals surface area contributed by atoms with Crippen LogP contribution in [0.5, 0.6) is 0 Å². The van der Waals surface area contributed by atoms with Crippen molar-refractivity contribution in [3.8, 4) is 5.82 Å². The molecule has 102 valence electrons. The number of H-pyrrole nitrogens is 1. The smallest absolute Gasteiger partial charge is 0.378 e. The molecule has 0 saturated heterocycles. The number of nitrogens with one attached hydrogen (secondary N) is 1. The number of hydrogen-bond acceptors (Lipinski definition) is 3. The molecule has 8 heteroatoms. The number of aromatic nitrogens is 3. The van der Waals surface area contributed by atoms with Crippen LogP contribution in [0.4, 0.5) is 13.2 Å². The van der Waals surface area contributed by atoms with Gasteiger partial charge in [0.05, 0.1) is 17.9 Å². The van der Waals surface area contributed by atoms with E-state index in [1.165, 1.54) is 13.2 Å². The number of hydrogen-bond donors (Lipinski definition) is 1. The summed E-state index contributed by atoms with van der Waals surface area (Å²) in [6.45, 7) is 0.197. The molecule has 0 radical (unpaired) electrons. The van der Waals surface area contributed by atoms with E-state index in [0.29, 0.717) is 11.9 Å². The molecule has 0 fully saturated rings. The fraction of sp³-hybridized carbons (Fsp3) is 0.273. The quantitative estimate of drug-likeness (QED) is 0.926. The molecule has 0 bridgehead atoms. The van der Waals surface area contributed by atoms with Crippen molar-refractivity contribution in [3.63, 3.8) is 0 Å². The molecule has 0 saturated carbocycles. The number of alkyl halides is 3. The fourth-order valence-corrected chi connectivity index (χ4v) is 1.53. The van der Waals surface area contributed by atoms with Crippen molar-refractivity contribution >= 4 is 0 Å². The summed E-state index contributed by atoms with van der Waals surface area (Å²) in [6, 6.07) is 3.28. The van der Waals surface area contributed by atoms with Crippen LogP contribution in [0, 0.1) is 0 Å². The average Bonchev–Trinajstić information content (AvgIpc) is 2.70. The minimum Gasteiger partial charge on any atom is -0.378 e. The number of halogens is 3. The molecule has 1 N–H and O–H groups in total. The first-order chi connectivity index (χ1) is 8.91. The van der Waals surface area contributed by atoms with Gasteiger partial charge >= 0.3 is 6.18 Å². The largest absolute Gasteiger partial charge is 0.417 e. The lowest BCUT2D eigenvalue weighted by Crippen LogP contribution is -2.15. The van der Waals surface area contributed by atoms with Gasteiger partial charge in [-0.3, -0.25) is 9.89 Å². The van der Waals surface area contributed by atoms with Crippen LogP contribution in [0.15, 0.2) is 29.2 Å². The lowest BCUT2D eigenvalue weighted by Gasteiger charge is -2.06. The van der Waals surface area contributed by atoms with Crippen LogP contribution in [0.25, 0.3) is 5.82 Å². The monoisotopic (exact) mass is 273 g/mol. The summed E-state index contributed by atoms with van der Waals surface area (Å²) >= 11 is 0. The number of aromatic amines is 1. The molecule has 0 aromatic carbocycles. The highest BCUT2D eigenvalue weighted by Gasteiger charge is 2.30. The van der Waals surface area contributed by atoms with E-state index < -0.39 is 17.3 Å². The normalized spacial score (nSPS) is 11.8. The van der Waals surface area contributed by atoms with Crippen molar-refractivity contribution in [2.75, 3.05) is 7.11 Å². The Morgan fingerprint density at radius 1 is 1.42 bits per heavy atom. The van der Waals surface area contributed by atoms with Gasteiger partial charge in [0.25, 0.3) is 5.56 Å². The van der Waals surface area contributed by atoms with E-state index in [0.717, 1.165) is 16.8 Å². The summed E-state index contributed by atoms with van der Waals surface area (Å²) < 4.78 is 43.0. The molecule has 19 heavy (non-hydrogen) atoms. The van der Waals surface area contributed by atoms with Crippen molar-refractivity contribution in [1.82, 2.24) is 14.8 Å². The Hall–Kier alpha value is -2.09. The number of rotatable bonds is 3. The Kier molecular flexibility index (Phi) is 3.43. The highest BCUT2D eigenvalue weighted by Crippen LogP contribution is 2.28. The van der Waals surface area contributed by atoms with Gasteiger partial charge < -0.3 is 4.74 Å². The zero-order valence-corrected chi connectivity index (χ0v) is 9.86. The maximum absolute atomic E-state index is 12.4. The predicted molar refractivity (Wildman–Crippen MR) is 59.9 cm³/mol. The maximum Gasteiger partial charge on any atom is 0.417 e. The van der Waals surface area contributed by atoms with E-state index in [-0.39, 0.29) is 12.4 Å². The van der Waals surface area contributed by atoms with Gasteiger partial charge in [-0.05, 0) is 12.1 Å². The fourth-order valence-electron chi connectivity index (χ4n) is 1.53. The topological polar surface area (TPSA) is 59.9 Å². The van der Waals surface area contributed by atoms with E-state index in [1.807, 2.05) is 0 Å². The molecule has 0 aliphatic carbocycles. The van der Waals surface area contributed by atoms with Gasteiger partial charge in [-0.1, -0.05) is 0 Å². The van der Waals surface area contributed by atoms with Crippen LogP contribution in [0.3, 0.4) is 0 Å². The van der Waals surface area contributed by atoms with Crippen molar-refractivity contribution in [1.29, 1.82) is 0 Å². The molecule has 2 aromatic heterocycles. The zero-order chi connectivity index (χ0) is 14.0. The van der Waals surface area contributed by atoms with Crippen LogP contribution in [0.1, 0.15) is 11.3 Å². The van der Waals surface area contributed by atoms with Crippen molar-refractivity contribution in [3.05, 3.63) is 46.0 Å². The zero-order valence-electron chi connectivity index (χ0n) is 9.86. The van der Waals surface area contributed by atoms with Gasteiger partial charge in [0, 0.05) is 19.4 Å². The third kappa shape index (κ3) is 2.84. The Balaban J connectivity index is 2.35. The van der Waals surface area contributed by atoms with Gasteiger partial charge in [-0.15, -0.1) is 0 Å². The molecule has 2 aromatic rings. The van der Waals surface area contributed by atoms with Crippen LogP contribution in [0.2, 0.25) is 0 Å². The van der Waals surface area contributed by atoms with Gasteiger partial charge in [-0.2, -0.15) is 13.2 Å². The lowest BCUT2D eigenvalue weighted by atomic mass is 10.3. The second-order valence-electron chi connectivity index (χ2n) is 3.79. The first kappa shape index (κ1) is 13.3. The number of ether oxygens (including phenoxy) is 1. The highest BCUT2D eigenvalue weighted by molar-refractivity contribution is 5.26. The summed E-state index contributed by atoms with van der Waals surface area (Å²) in [5.41, 5.74) is -0.776. The van der Waals surface area contributed by atoms with E-state index in [4.69, 9.17) is 4.74 Å². The van der Waals surface area contributed by atoms with Gasteiger partial charge in [0.15, 0.2) is 5.82 Å². The van der Waals surface area contributed by atoms with Crippen LogP contribution in [-0.2, 0) is 17.5 Å². The Morgan fingerprint density at radius 2 is 2.16 bits per heavy atom. The molecular formula is C11H10F3N3O2. The molecule has 0 amide bonds. The summed E-state index contributed by atoms with van der Waals surface area (Å²) in [4.78, 5) is 15.2.